The summed E-state index contributed by atoms with van der Waals surface area (Å²) >= 11 is 0. The standard InChI is InChI=1S/C20H27NO6/c1-12(6-8-16(22)21-9-10-25-3)5-7-14-18(23)17-15(11-27-20(17)24)13(2)19(14)26-4/h5,23H,6-11H2,1-4H3,(H,21,22)/b12-5+. The number of hydrogen-bond donors (Lipinski definition) is 2. The quantitative estimate of drug-likeness (QED) is 0.390. The summed E-state index contributed by atoms with van der Waals surface area (Å²) < 4.78 is 15.4. The molecule has 7 heteroatoms. The first-order valence-electron chi connectivity index (χ1n) is 8.90. The Balaban J connectivity index is 2.09. The molecule has 0 saturated carbocycles. The predicted molar refractivity (Wildman–Crippen MR) is 100 cm³/mol. The lowest BCUT2D eigenvalue weighted by Gasteiger charge is -2.15. The first-order chi connectivity index (χ1) is 12.9. The summed E-state index contributed by atoms with van der Waals surface area (Å²) in [5, 5.41) is 13.4. The van der Waals surface area contributed by atoms with E-state index in [2.05, 4.69) is 5.32 Å². The molecule has 0 radical (unpaired) electrons. The van der Waals surface area contributed by atoms with Crippen LogP contribution in [0.3, 0.4) is 0 Å². The van der Waals surface area contributed by atoms with Crippen LogP contribution in [0.5, 0.6) is 11.5 Å². The first kappa shape index (κ1) is 20.8. The topological polar surface area (TPSA) is 94.1 Å². The van der Waals surface area contributed by atoms with Crippen molar-refractivity contribution in [2.75, 3.05) is 27.4 Å². The highest BCUT2D eigenvalue weighted by Gasteiger charge is 2.31. The molecule has 27 heavy (non-hydrogen) atoms. The minimum Gasteiger partial charge on any atom is -0.507 e. The normalized spacial score (nSPS) is 13.3. The average Bonchev–Trinajstić information content (AvgIpc) is 3.04. The van der Waals surface area contributed by atoms with Gasteiger partial charge in [-0.3, -0.25) is 4.79 Å². The number of aromatic hydroxyl groups is 1. The van der Waals surface area contributed by atoms with Gasteiger partial charge in [0.1, 0.15) is 23.7 Å². The zero-order chi connectivity index (χ0) is 20.0. The fraction of sp³-hybridized carbons (Fsp3) is 0.500. The number of rotatable bonds is 9. The molecule has 0 aromatic heterocycles. The molecule has 0 spiro atoms. The van der Waals surface area contributed by atoms with E-state index in [1.165, 1.54) is 7.11 Å². The van der Waals surface area contributed by atoms with Crippen LogP contribution in [0.1, 0.15) is 46.8 Å². The summed E-state index contributed by atoms with van der Waals surface area (Å²) in [5.74, 6) is -0.0681. The molecule has 148 valence electrons. The molecule has 7 nitrogen and oxygen atoms in total. The van der Waals surface area contributed by atoms with E-state index in [-0.39, 0.29) is 23.8 Å². The van der Waals surface area contributed by atoms with Gasteiger partial charge in [-0.15, -0.1) is 0 Å². The maximum atomic E-state index is 11.9. The van der Waals surface area contributed by atoms with Crippen molar-refractivity contribution in [1.29, 1.82) is 0 Å². The lowest BCUT2D eigenvalue weighted by molar-refractivity contribution is -0.121. The summed E-state index contributed by atoms with van der Waals surface area (Å²) in [6, 6.07) is 0. The number of amides is 1. The van der Waals surface area contributed by atoms with Crippen molar-refractivity contribution in [2.24, 2.45) is 0 Å². The largest absolute Gasteiger partial charge is 0.507 e. The number of phenols is 1. The Morgan fingerprint density at radius 1 is 1.33 bits per heavy atom. The Morgan fingerprint density at radius 2 is 2.07 bits per heavy atom. The van der Waals surface area contributed by atoms with Crippen molar-refractivity contribution in [3.63, 3.8) is 0 Å². The van der Waals surface area contributed by atoms with Crippen LogP contribution in [-0.2, 0) is 27.3 Å². The molecule has 1 aromatic rings. The predicted octanol–water partition coefficient (Wildman–Crippen LogP) is 2.41. The average molecular weight is 377 g/mol. The Bertz CT molecular complexity index is 754. The molecule has 1 heterocycles. The van der Waals surface area contributed by atoms with Gasteiger partial charge < -0.3 is 24.6 Å². The molecule has 1 aliphatic rings. The van der Waals surface area contributed by atoms with E-state index in [1.807, 2.05) is 19.9 Å². The highest BCUT2D eigenvalue weighted by molar-refractivity contribution is 5.98. The van der Waals surface area contributed by atoms with Gasteiger partial charge >= 0.3 is 5.97 Å². The lowest BCUT2D eigenvalue weighted by atomic mass is 9.94. The fourth-order valence-corrected chi connectivity index (χ4v) is 3.10. The SMILES string of the molecule is COCCNC(=O)CC/C(C)=C/Cc1c(O)c2c(c(C)c1OC)COC2=O. The number of methoxy groups -OCH3 is 2. The molecular weight excluding hydrogens is 350 g/mol. The second-order valence-corrected chi connectivity index (χ2v) is 6.51. The molecule has 1 amide bonds. The van der Waals surface area contributed by atoms with Gasteiger partial charge in [-0.25, -0.2) is 4.79 Å². The lowest BCUT2D eigenvalue weighted by Crippen LogP contribution is -2.26. The second kappa shape index (κ2) is 9.41. The van der Waals surface area contributed by atoms with E-state index >= 15 is 0 Å². The summed E-state index contributed by atoms with van der Waals surface area (Å²) in [6.07, 6.45) is 3.32. The third-order valence-electron chi connectivity index (χ3n) is 4.68. The number of ether oxygens (including phenoxy) is 3. The molecule has 2 N–H and O–H groups in total. The number of carbonyl (C=O) groups is 2. The molecular formula is C20H27NO6. The van der Waals surface area contributed by atoms with E-state index in [9.17, 15) is 14.7 Å². The number of cyclic esters (lactones) is 1. The van der Waals surface area contributed by atoms with Crippen LogP contribution in [0.2, 0.25) is 0 Å². The van der Waals surface area contributed by atoms with Gasteiger partial charge in [0.25, 0.3) is 0 Å². The second-order valence-electron chi connectivity index (χ2n) is 6.51. The number of fused-ring (bicyclic) bond motifs is 1. The van der Waals surface area contributed by atoms with Crippen LogP contribution in [0.25, 0.3) is 0 Å². The zero-order valence-corrected chi connectivity index (χ0v) is 16.3. The molecule has 0 saturated heterocycles. The van der Waals surface area contributed by atoms with E-state index in [0.29, 0.717) is 49.3 Å². The maximum Gasteiger partial charge on any atom is 0.342 e. The Hall–Kier alpha value is -2.54. The number of phenolic OH excluding ortho intramolecular Hbond substituents is 1. The summed E-state index contributed by atoms with van der Waals surface area (Å²) in [6.45, 7) is 4.91. The Labute approximate surface area is 159 Å². The van der Waals surface area contributed by atoms with Gasteiger partial charge in [-0.2, -0.15) is 0 Å². The van der Waals surface area contributed by atoms with Crippen molar-refractivity contribution in [1.82, 2.24) is 5.32 Å². The minimum absolute atomic E-state index is 0.0312. The Morgan fingerprint density at radius 3 is 2.74 bits per heavy atom. The number of allylic oxidation sites excluding steroid dienone is 2. The Kier molecular flexibility index (Phi) is 7.24. The van der Waals surface area contributed by atoms with Gasteiger partial charge in [0.2, 0.25) is 5.91 Å². The number of carbonyl (C=O) groups excluding carboxylic acids is 2. The maximum absolute atomic E-state index is 11.9. The zero-order valence-electron chi connectivity index (χ0n) is 16.3. The first-order valence-corrected chi connectivity index (χ1v) is 8.90. The molecule has 0 fully saturated rings. The third-order valence-corrected chi connectivity index (χ3v) is 4.68. The number of benzene rings is 1. The minimum atomic E-state index is -0.511. The molecule has 0 aliphatic carbocycles. The number of esters is 1. The van der Waals surface area contributed by atoms with Crippen molar-refractivity contribution in [3.05, 3.63) is 33.9 Å². The number of hydrogen-bond acceptors (Lipinski definition) is 6. The molecule has 0 atom stereocenters. The van der Waals surface area contributed by atoms with Crippen LogP contribution in [0, 0.1) is 6.92 Å². The molecule has 2 rings (SSSR count). The van der Waals surface area contributed by atoms with E-state index < -0.39 is 5.97 Å². The monoisotopic (exact) mass is 377 g/mol. The van der Waals surface area contributed by atoms with Crippen molar-refractivity contribution < 1.29 is 28.9 Å². The van der Waals surface area contributed by atoms with Crippen LogP contribution in [-0.4, -0.2) is 44.4 Å². The van der Waals surface area contributed by atoms with Gasteiger partial charge in [-0.1, -0.05) is 11.6 Å². The van der Waals surface area contributed by atoms with Crippen molar-refractivity contribution >= 4 is 11.9 Å². The highest BCUT2D eigenvalue weighted by Crippen LogP contribution is 2.42. The van der Waals surface area contributed by atoms with Gasteiger partial charge in [0.15, 0.2) is 0 Å². The van der Waals surface area contributed by atoms with Crippen LogP contribution < -0.4 is 10.1 Å². The number of nitrogens with one attached hydrogen (secondary N) is 1. The molecule has 1 aromatic carbocycles. The van der Waals surface area contributed by atoms with Crippen LogP contribution in [0.4, 0.5) is 0 Å². The van der Waals surface area contributed by atoms with E-state index in [1.54, 1.807) is 7.11 Å². The molecule has 0 bridgehead atoms. The summed E-state index contributed by atoms with van der Waals surface area (Å²) in [5.41, 5.74) is 3.27. The molecule has 1 aliphatic heterocycles. The van der Waals surface area contributed by atoms with E-state index in [4.69, 9.17) is 14.2 Å². The smallest absolute Gasteiger partial charge is 0.342 e. The summed E-state index contributed by atoms with van der Waals surface area (Å²) in [4.78, 5) is 23.7. The van der Waals surface area contributed by atoms with Gasteiger partial charge in [0.05, 0.1) is 13.7 Å². The van der Waals surface area contributed by atoms with Crippen molar-refractivity contribution in [3.8, 4) is 11.5 Å². The van der Waals surface area contributed by atoms with Crippen molar-refractivity contribution in [2.45, 2.75) is 39.7 Å². The van der Waals surface area contributed by atoms with Gasteiger partial charge in [-0.05, 0) is 32.3 Å². The summed E-state index contributed by atoms with van der Waals surface area (Å²) in [7, 11) is 3.12. The van der Waals surface area contributed by atoms with Crippen LogP contribution in [0.15, 0.2) is 11.6 Å². The molecule has 0 unspecified atom stereocenters. The highest BCUT2D eigenvalue weighted by atomic mass is 16.5. The van der Waals surface area contributed by atoms with Crippen LogP contribution >= 0.6 is 0 Å². The fourth-order valence-electron chi connectivity index (χ4n) is 3.10. The van der Waals surface area contributed by atoms with E-state index in [0.717, 1.165) is 11.1 Å². The third kappa shape index (κ3) is 4.80. The van der Waals surface area contributed by atoms with Gasteiger partial charge in [0, 0.05) is 31.2 Å².